The summed E-state index contributed by atoms with van der Waals surface area (Å²) >= 11 is 0. The number of H-pyrrole nitrogens is 1. The quantitative estimate of drug-likeness (QED) is 0.748. The molecule has 106 valence electrons. The molecule has 1 N–H and O–H groups in total. The number of para-hydroxylation sites is 1. The molecule has 2 aromatic carbocycles. The molecule has 1 aromatic heterocycles. The molecule has 0 radical (unpaired) electrons. The lowest BCUT2D eigenvalue weighted by molar-refractivity contribution is 0.245. The van der Waals surface area contributed by atoms with Crippen molar-refractivity contribution in [3.8, 4) is 0 Å². The van der Waals surface area contributed by atoms with Crippen LogP contribution in [-0.4, -0.2) is 16.4 Å². The number of aryl methyl sites for hydroxylation is 1. The van der Waals surface area contributed by atoms with Gasteiger partial charge in [0, 0.05) is 42.7 Å². The molecule has 3 aromatic rings. The van der Waals surface area contributed by atoms with E-state index in [4.69, 9.17) is 0 Å². The van der Waals surface area contributed by atoms with Crippen LogP contribution in [0.3, 0.4) is 0 Å². The molecule has 2 heterocycles. The van der Waals surface area contributed by atoms with Crippen molar-refractivity contribution >= 4 is 10.9 Å². The lowest BCUT2D eigenvalue weighted by Gasteiger charge is -2.27. The zero-order valence-electron chi connectivity index (χ0n) is 12.4. The number of aromatic amines is 1. The summed E-state index contributed by atoms with van der Waals surface area (Å²) in [7, 11) is 0. The highest BCUT2D eigenvalue weighted by Crippen LogP contribution is 2.29. The molecular weight excluding hydrogens is 256 g/mol. The molecule has 0 saturated heterocycles. The van der Waals surface area contributed by atoms with Gasteiger partial charge in [-0.1, -0.05) is 48.5 Å². The minimum Gasteiger partial charge on any atom is -0.358 e. The van der Waals surface area contributed by atoms with Crippen LogP contribution in [0.25, 0.3) is 10.9 Å². The predicted molar refractivity (Wildman–Crippen MR) is 87.3 cm³/mol. The third-order valence-corrected chi connectivity index (χ3v) is 4.55. The molecule has 0 atom stereocenters. The second-order valence-electron chi connectivity index (χ2n) is 6.03. The fraction of sp³-hybridized carbons (Fsp3) is 0.263. The predicted octanol–water partition coefficient (Wildman–Crippen LogP) is 4.03. The maximum absolute atomic E-state index is 3.64. The van der Waals surface area contributed by atoms with E-state index in [1.54, 1.807) is 0 Å². The lowest BCUT2D eigenvalue weighted by Crippen LogP contribution is -2.29. The number of hydrogen-bond donors (Lipinski definition) is 1. The van der Waals surface area contributed by atoms with Crippen molar-refractivity contribution in [1.29, 1.82) is 0 Å². The van der Waals surface area contributed by atoms with Gasteiger partial charge in [0.1, 0.15) is 0 Å². The number of nitrogens with one attached hydrogen (secondary N) is 1. The smallest absolute Gasteiger partial charge is 0.0489 e. The summed E-state index contributed by atoms with van der Waals surface area (Å²) in [6.45, 7) is 5.41. The zero-order valence-corrected chi connectivity index (χ0v) is 12.4. The lowest BCUT2D eigenvalue weighted by atomic mass is 10.0. The maximum atomic E-state index is 3.64. The summed E-state index contributed by atoms with van der Waals surface area (Å²) in [5, 5.41) is 1.41. The normalized spacial score (nSPS) is 15.3. The Labute approximate surface area is 125 Å². The second kappa shape index (κ2) is 5.05. The molecule has 2 nitrogen and oxygen atoms in total. The largest absolute Gasteiger partial charge is 0.358 e. The standard InChI is InChI=1S/C19H20N2/c1-14-6-5-9-16-17-13-21(11-10-18(17)20-19(14)16)12-15-7-3-2-4-8-15/h2-9,20H,10-13H2,1H3. The number of nitrogens with zero attached hydrogens (tertiary/aromatic N) is 1. The maximum Gasteiger partial charge on any atom is 0.0489 e. The molecule has 0 amide bonds. The van der Waals surface area contributed by atoms with Crippen molar-refractivity contribution in [1.82, 2.24) is 9.88 Å². The van der Waals surface area contributed by atoms with Crippen LogP contribution >= 0.6 is 0 Å². The van der Waals surface area contributed by atoms with Gasteiger partial charge in [0.05, 0.1) is 0 Å². The SMILES string of the molecule is Cc1cccc2c3c([nH]c12)CCN(Cc1ccccc1)C3. The molecule has 0 saturated carbocycles. The van der Waals surface area contributed by atoms with Crippen molar-refractivity contribution in [3.05, 3.63) is 70.9 Å². The molecular formula is C19H20N2. The Morgan fingerprint density at radius 1 is 1.05 bits per heavy atom. The highest BCUT2D eigenvalue weighted by Gasteiger charge is 2.20. The molecule has 0 bridgehead atoms. The van der Waals surface area contributed by atoms with Crippen molar-refractivity contribution in [2.24, 2.45) is 0 Å². The molecule has 0 unspecified atom stereocenters. The fourth-order valence-corrected chi connectivity index (χ4v) is 3.42. The fourth-order valence-electron chi connectivity index (χ4n) is 3.42. The number of aromatic nitrogens is 1. The third-order valence-electron chi connectivity index (χ3n) is 4.55. The van der Waals surface area contributed by atoms with E-state index in [0.717, 1.165) is 26.1 Å². The van der Waals surface area contributed by atoms with E-state index >= 15 is 0 Å². The van der Waals surface area contributed by atoms with Gasteiger partial charge in [-0.05, 0) is 23.6 Å². The van der Waals surface area contributed by atoms with Crippen LogP contribution < -0.4 is 0 Å². The Bertz CT molecular complexity index is 771. The molecule has 2 heteroatoms. The van der Waals surface area contributed by atoms with E-state index in [9.17, 15) is 0 Å². The van der Waals surface area contributed by atoms with Gasteiger partial charge in [-0.25, -0.2) is 0 Å². The topological polar surface area (TPSA) is 19.0 Å². The number of benzene rings is 2. The van der Waals surface area contributed by atoms with E-state index in [2.05, 4.69) is 65.3 Å². The highest BCUT2D eigenvalue weighted by atomic mass is 15.1. The third kappa shape index (κ3) is 2.26. The summed E-state index contributed by atoms with van der Waals surface area (Å²) in [4.78, 5) is 6.19. The summed E-state index contributed by atoms with van der Waals surface area (Å²) < 4.78 is 0. The zero-order chi connectivity index (χ0) is 14.2. The van der Waals surface area contributed by atoms with E-state index in [0.29, 0.717) is 0 Å². The van der Waals surface area contributed by atoms with Gasteiger partial charge in [0.15, 0.2) is 0 Å². The first kappa shape index (κ1) is 12.7. The van der Waals surface area contributed by atoms with Gasteiger partial charge in [-0.2, -0.15) is 0 Å². The van der Waals surface area contributed by atoms with E-state index in [-0.39, 0.29) is 0 Å². The Morgan fingerprint density at radius 3 is 2.76 bits per heavy atom. The van der Waals surface area contributed by atoms with E-state index in [1.807, 2.05) is 0 Å². The van der Waals surface area contributed by atoms with Crippen LogP contribution in [0, 0.1) is 6.92 Å². The molecule has 1 aliphatic heterocycles. The highest BCUT2D eigenvalue weighted by molar-refractivity contribution is 5.87. The molecule has 21 heavy (non-hydrogen) atoms. The van der Waals surface area contributed by atoms with Crippen LogP contribution in [-0.2, 0) is 19.5 Å². The summed E-state index contributed by atoms with van der Waals surface area (Å²) in [6, 6.07) is 17.4. The Balaban J connectivity index is 1.65. The second-order valence-corrected chi connectivity index (χ2v) is 6.03. The van der Waals surface area contributed by atoms with Gasteiger partial charge in [0.2, 0.25) is 0 Å². The molecule has 0 aliphatic carbocycles. The van der Waals surface area contributed by atoms with Crippen LogP contribution in [0.2, 0.25) is 0 Å². The van der Waals surface area contributed by atoms with Crippen LogP contribution in [0.15, 0.2) is 48.5 Å². The first-order valence-electron chi connectivity index (χ1n) is 7.66. The van der Waals surface area contributed by atoms with Gasteiger partial charge >= 0.3 is 0 Å². The molecule has 0 fully saturated rings. The Hall–Kier alpha value is -2.06. The first-order valence-corrected chi connectivity index (χ1v) is 7.66. The molecule has 4 rings (SSSR count). The van der Waals surface area contributed by atoms with E-state index < -0.39 is 0 Å². The van der Waals surface area contributed by atoms with Crippen LogP contribution in [0.1, 0.15) is 22.4 Å². The van der Waals surface area contributed by atoms with Crippen LogP contribution in [0.4, 0.5) is 0 Å². The summed E-state index contributed by atoms with van der Waals surface area (Å²) in [5.41, 5.74) is 7.00. The average molecular weight is 276 g/mol. The van der Waals surface area contributed by atoms with Crippen molar-refractivity contribution in [2.75, 3.05) is 6.54 Å². The minimum absolute atomic E-state index is 1.04. The van der Waals surface area contributed by atoms with Crippen molar-refractivity contribution in [2.45, 2.75) is 26.4 Å². The Morgan fingerprint density at radius 2 is 1.90 bits per heavy atom. The molecule has 0 spiro atoms. The van der Waals surface area contributed by atoms with Gasteiger partial charge in [0.25, 0.3) is 0 Å². The Kier molecular flexibility index (Phi) is 3.04. The average Bonchev–Trinajstić information content (AvgIpc) is 2.88. The summed E-state index contributed by atoms with van der Waals surface area (Å²) in [6.07, 6.45) is 1.12. The molecule has 1 aliphatic rings. The minimum atomic E-state index is 1.04. The van der Waals surface area contributed by atoms with Crippen molar-refractivity contribution < 1.29 is 0 Å². The van der Waals surface area contributed by atoms with E-state index in [1.165, 1.54) is 33.3 Å². The number of hydrogen-bond acceptors (Lipinski definition) is 1. The van der Waals surface area contributed by atoms with Crippen molar-refractivity contribution in [3.63, 3.8) is 0 Å². The number of rotatable bonds is 2. The van der Waals surface area contributed by atoms with Gasteiger partial charge in [-0.15, -0.1) is 0 Å². The van der Waals surface area contributed by atoms with Crippen LogP contribution in [0.5, 0.6) is 0 Å². The van der Waals surface area contributed by atoms with Gasteiger partial charge < -0.3 is 4.98 Å². The first-order chi connectivity index (χ1) is 10.3. The van der Waals surface area contributed by atoms with Gasteiger partial charge in [-0.3, -0.25) is 4.90 Å². The monoisotopic (exact) mass is 276 g/mol. The summed E-state index contributed by atoms with van der Waals surface area (Å²) in [5.74, 6) is 0. The number of fused-ring (bicyclic) bond motifs is 3.